The summed E-state index contributed by atoms with van der Waals surface area (Å²) in [6.45, 7) is 2.73. The van der Waals surface area contributed by atoms with Gasteiger partial charge >= 0.3 is 0 Å². The number of guanidine groups is 1. The summed E-state index contributed by atoms with van der Waals surface area (Å²) < 4.78 is 0. The second kappa shape index (κ2) is 4.49. The average Bonchev–Trinajstić information content (AvgIpc) is 2.86. The third kappa shape index (κ3) is 2.11. The molecule has 1 aliphatic rings. The molecular formula is C13H16N4. The molecule has 0 amide bonds. The van der Waals surface area contributed by atoms with Crippen LogP contribution in [0.15, 0.2) is 35.5 Å². The lowest BCUT2D eigenvalue weighted by Crippen LogP contribution is -2.40. The number of nitrogens with zero attached hydrogens (tertiary/aromatic N) is 1. The molecule has 4 nitrogen and oxygen atoms in total. The van der Waals surface area contributed by atoms with Gasteiger partial charge in [0.15, 0.2) is 5.96 Å². The average molecular weight is 228 g/mol. The lowest BCUT2D eigenvalue weighted by Gasteiger charge is -2.16. The minimum absolute atomic E-state index is 0.795. The number of aromatic nitrogens is 1. The van der Waals surface area contributed by atoms with Crippen molar-refractivity contribution in [2.75, 3.05) is 13.1 Å². The van der Waals surface area contributed by atoms with E-state index in [9.17, 15) is 0 Å². The molecule has 0 radical (unpaired) electrons. The molecule has 17 heavy (non-hydrogen) atoms. The molecule has 0 aliphatic carbocycles. The van der Waals surface area contributed by atoms with Crippen molar-refractivity contribution >= 4 is 16.9 Å². The lowest BCUT2D eigenvalue weighted by atomic mass is 10.1. The first-order valence-corrected chi connectivity index (χ1v) is 6.01. The van der Waals surface area contributed by atoms with E-state index in [2.05, 4.69) is 44.9 Å². The second-order valence-corrected chi connectivity index (χ2v) is 4.22. The summed E-state index contributed by atoms with van der Waals surface area (Å²) in [5.74, 6) is 0.916. The van der Waals surface area contributed by atoms with Crippen LogP contribution in [0.1, 0.15) is 12.0 Å². The monoisotopic (exact) mass is 228 g/mol. The maximum atomic E-state index is 4.40. The van der Waals surface area contributed by atoms with E-state index in [-0.39, 0.29) is 0 Å². The lowest BCUT2D eigenvalue weighted by molar-refractivity contribution is 0.702. The number of hydrogen-bond acceptors (Lipinski definition) is 3. The van der Waals surface area contributed by atoms with Crippen LogP contribution in [0.25, 0.3) is 10.9 Å². The Balaban J connectivity index is 1.76. The molecule has 1 aromatic carbocycles. The Morgan fingerprint density at radius 1 is 1.29 bits per heavy atom. The van der Waals surface area contributed by atoms with Crippen molar-refractivity contribution in [2.24, 2.45) is 4.99 Å². The van der Waals surface area contributed by atoms with Gasteiger partial charge in [-0.1, -0.05) is 18.2 Å². The molecule has 0 fully saturated rings. The Kier molecular flexibility index (Phi) is 2.69. The highest BCUT2D eigenvalue weighted by Crippen LogP contribution is 2.16. The maximum Gasteiger partial charge on any atom is 0.191 e. The molecule has 88 valence electrons. The predicted octanol–water partition coefficient (Wildman–Crippen LogP) is 1.61. The van der Waals surface area contributed by atoms with E-state index in [1.54, 1.807) is 0 Å². The molecule has 0 saturated heterocycles. The molecule has 2 aromatic rings. The first-order chi connectivity index (χ1) is 8.43. The van der Waals surface area contributed by atoms with Crippen molar-refractivity contribution in [1.82, 2.24) is 15.6 Å². The Morgan fingerprint density at radius 3 is 3.18 bits per heavy atom. The molecule has 0 bridgehead atoms. The summed E-state index contributed by atoms with van der Waals surface area (Å²) in [5, 5.41) is 7.85. The number of benzene rings is 1. The summed E-state index contributed by atoms with van der Waals surface area (Å²) >= 11 is 0. The molecule has 3 rings (SSSR count). The van der Waals surface area contributed by atoms with Crippen LogP contribution in [0.2, 0.25) is 0 Å². The fourth-order valence-corrected chi connectivity index (χ4v) is 2.13. The number of hydrogen-bond donors (Lipinski definition) is 3. The molecule has 0 atom stereocenters. The highest BCUT2D eigenvalue weighted by atomic mass is 15.2. The Labute approximate surface area is 100 Å². The SMILES string of the molecule is c1cc(CNC2=NCCCN2)c2[nH]ccc2c1. The van der Waals surface area contributed by atoms with Gasteiger partial charge in [0.2, 0.25) is 0 Å². The van der Waals surface area contributed by atoms with Crippen molar-refractivity contribution in [3.05, 3.63) is 36.0 Å². The summed E-state index contributed by atoms with van der Waals surface area (Å²) in [7, 11) is 0. The fourth-order valence-electron chi connectivity index (χ4n) is 2.13. The smallest absolute Gasteiger partial charge is 0.191 e. The molecule has 1 aromatic heterocycles. The highest BCUT2D eigenvalue weighted by molar-refractivity contribution is 5.84. The van der Waals surface area contributed by atoms with Crippen LogP contribution in [-0.4, -0.2) is 24.0 Å². The van der Waals surface area contributed by atoms with Gasteiger partial charge in [-0.2, -0.15) is 0 Å². The van der Waals surface area contributed by atoms with Gasteiger partial charge in [0.1, 0.15) is 0 Å². The van der Waals surface area contributed by atoms with Crippen LogP contribution in [0, 0.1) is 0 Å². The predicted molar refractivity (Wildman–Crippen MR) is 70.1 cm³/mol. The zero-order valence-corrected chi connectivity index (χ0v) is 9.66. The van der Waals surface area contributed by atoms with E-state index < -0.39 is 0 Å². The van der Waals surface area contributed by atoms with E-state index in [0.717, 1.165) is 32.0 Å². The Morgan fingerprint density at radius 2 is 2.29 bits per heavy atom. The van der Waals surface area contributed by atoms with Crippen LogP contribution < -0.4 is 10.6 Å². The number of H-pyrrole nitrogens is 1. The van der Waals surface area contributed by atoms with Crippen LogP contribution >= 0.6 is 0 Å². The van der Waals surface area contributed by atoms with Crippen molar-refractivity contribution < 1.29 is 0 Å². The van der Waals surface area contributed by atoms with E-state index in [4.69, 9.17) is 0 Å². The van der Waals surface area contributed by atoms with Crippen LogP contribution in [0.5, 0.6) is 0 Å². The van der Waals surface area contributed by atoms with Gasteiger partial charge in [0.05, 0.1) is 5.52 Å². The summed E-state index contributed by atoms with van der Waals surface area (Å²) in [6, 6.07) is 8.43. The van der Waals surface area contributed by atoms with Crippen LogP contribution in [0.3, 0.4) is 0 Å². The third-order valence-corrected chi connectivity index (χ3v) is 3.02. The third-order valence-electron chi connectivity index (χ3n) is 3.02. The van der Waals surface area contributed by atoms with Crippen molar-refractivity contribution in [1.29, 1.82) is 0 Å². The second-order valence-electron chi connectivity index (χ2n) is 4.22. The van der Waals surface area contributed by atoms with Gasteiger partial charge in [-0.05, 0) is 23.4 Å². The van der Waals surface area contributed by atoms with Crippen molar-refractivity contribution in [3.63, 3.8) is 0 Å². The molecular weight excluding hydrogens is 212 g/mol. The van der Waals surface area contributed by atoms with E-state index in [0.29, 0.717) is 0 Å². The number of rotatable bonds is 2. The standard InChI is InChI=1S/C13H16N4/c1-3-10-5-8-14-12(10)11(4-1)9-17-13-15-6-2-7-16-13/h1,3-5,8,14H,2,6-7,9H2,(H2,15,16,17). The topological polar surface area (TPSA) is 52.2 Å². The molecule has 1 aliphatic heterocycles. The molecule has 2 heterocycles. The molecule has 0 saturated carbocycles. The Hall–Kier alpha value is -1.97. The number of fused-ring (bicyclic) bond motifs is 1. The van der Waals surface area contributed by atoms with E-state index >= 15 is 0 Å². The zero-order chi connectivity index (χ0) is 11.5. The molecule has 0 spiro atoms. The van der Waals surface area contributed by atoms with E-state index in [1.807, 2.05) is 6.20 Å². The molecule has 3 N–H and O–H groups in total. The van der Waals surface area contributed by atoms with Crippen LogP contribution in [0.4, 0.5) is 0 Å². The number of aliphatic imine (C=N–C) groups is 1. The fraction of sp³-hybridized carbons (Fsp3) is 0.308. The number of para-hydroxylation sites is 1. The first kappa shape index (κ1) is 10.2. The molecule has 0 unspecified atom stereocenters. The first-order valence-electron chi connectivity index (χ1n) is 6.01. The van der Waals surface area contributed by atoms with Crippen LogP contribution in [-0.2, 0) is 6.54 Å². The highest BCUT2D eigenvalue weighted by Gasteiger charge is 2.05. The van der Waals surface area contributed by atoms with Gasteiger partial charge in [-0.15, -0.1) is 0 Å². The summed E-state index contributed by atoms with van der Waals surface area (Å²) in [5.41, 5.74) is 2.47. The minimum atomic E-state index is 0.795. The van der Waals surface area contributed by atoms with Gasteiger partial charge in [0, 0.05) is 25.8 Å². The molecule has 4 heteroatoms. The van der Waals surface area contributed by atoms with Gasteiger partial charge in [-0.25, -0.2) is 0 Å². The Bertz CT molecular complexity index is 541. The van der Waals surface area contributed by atoms with E-state index in [1.165, 1.54) is 16.5 Å². The quantitative estimate of drug-likeness (QED) is 0.731. The maximum absolute atomic E-state index is 4.40. The number of nitrogens with one attached hydrogen (secondary N) is 3. The minimum Gasteiger partial charge on any atom is -0.361 e. The zero-order valence-electron chi connectivity index (χ0n) is 9.66. The largest absolute Gasteiger partial charge is 0.361 e. The number of aromatic amines is 1. The van der Waals surface area contributed by atoms with Gasteiger partial charge in [-0.3, -0.25) is 4.99 Å². The van der Waals surface area contributed by atoms with Gasteiger partial charge < -0.3 is 15.6 Å². The normalized spacial score (nSPS) is 15.4. The summed E-state index contributed by atoms with van der Waals surface area (Å²) in [4.78, 5) is 7.67. The van der Waals surface area contributed by atoms with Crippen molar-refractivity contribution in [3.8, 4) is 0 Å². The van der Waals surface area contributed by atoms with Gasteiger partial charge in [0.25, 0.3) is 0 Å². The summed E-state index contributed by atoms with van der Waals surface area (Å²) in [6.07, 6.45) is 3.10. The van der Waals surface area contributed by atoms with Crippen molar-refractivity contribution in [2.45, 2.75) is 13.0 Å².